The minimum Gasteiger partial charge on any atom is -0.380 e. The molecule has 11 heavy (non-hydrogen) atoms. The van der Waals surface area contributed by atoms with Gasteiger partial charge in [-0.05, 0) is 25.8 Å². The molecule has 2 atom stereocenters. The topological polar surface area (TPSA) is 21.3 Å². The van der Waals surface area contributed by atoms with Crippen LogP contribution in [0.15, 0.2) is 0 Å². The molecular formula is C9H19NO. The highest BCUT2D eigenvalue weighted by Gasteiger charge is 2.22. The summed E-state index contributed by atoms with van der Waals surface area (Å²) in [4.78, 5) is 0. The van der Waals surface area contributed by atoms with Crippen LogP contribution in [0.5, 0.6) is 0 Å². The standard InChI is InChI=1S/C9H19NO/c1-3-5-8-9(11-2)6-4-7-10-8/h8-10H,3-7H2,1-2H3. The number of nitrogens with one attached hydrogen (secondary N) is 1. The first-order chi connectivity index (χ1) is 5.38. The Hall–Kier alpha value is -0.0800. The Morgan fingerprint density at radius 2 is 2.36 bits per heavy atom. The van der Waals surface area contributed by atoms with Crippen molar-refractivity contribution in [1.82, 2.24) is 5.32 Å². The summed E-state index contributed by atoms with van der Waals surface area (Å²) in [6.45, 7) is 3.40. The second kappa shape index (κ2) is 4.73. The first-order valence-corrected chi connectivity index (χ1v) is 4.64. The van der Waals surface area contributed by atoms with Crippen molar-refractivity contribution in [2.45, 2.75) is 44.8 Å². The van der Waals surface area contributed by atoms with Crippen LogP contribution in [0.2, 0.25) is 0 Å². The summed E-state index contributed by atoms with van der Waals surface area (Å²) < 4.78 is 5.39. The third-order valence-electron chi connectivity index (χ3n) is 2.42. The van der Waals surface area contributed by atoms with E-state index >= 15 is 0 Å². The molecular weight excluding hydrogens is 138 g/mol. The number of hydrogen-bond acceptors (Lipinski definition) is 2. The van der Waals surface area contributed by atoms with E-state index in [2.05, 4.69) is 12.2 Å². The molecule has 1 fully saturated rings. The number of piperidine rings is 1. The van der Waals surface area contributed by atoms with E-state index in [4.69, 9.17) is 4.74 Å². The molecule has 0 radical (unpaired) electrons. The third-order valence-corrected chi connectivity index (χ3v) is 2.42. The van der Waals surface area contributed by atoms with Crippen molar-refractivity contribution in [3.8, 4) is 0 Å². The maximum absolute atomic E-state index is 5.39. The molecule has 1 saturated heterocycles. The van der Waals surface area contributed by atoms with Crippen molar-refractivity contribution in [2.75, 3.05) is 13.7 Å². The van der Waals surface area contributed by atoms with Crippen LogP contribution in [0, 0.1) is 0 Å². The van der Waals surface area contributed by atoms with Crippen LogP contribution < -0.4 is 5.32 Å². The Morgan fingerprint density at radius 1 is 1.55 bits per heavy atom. The fourth-order valence-corrected chi connectivity index (χ4v) is 1.80. The van der Waals surface area contributed by atoms with Gasteiger partial charge in [-0.25, -0.2) is 0 Å². The van der Waals surface area contributed by atoms with Gasteiger partial charge < -0.3 is 10.1 Å². The Morgan fingerprint density at radius 3 is 3.00 bits per heavy atom. The average Bonchev–Trinajstić information content (AvgIpc) is 2.06. The molecule has 0 aliphatic carbocycles. The molecule has 0 saturated carbocycles. The van der Waals surface area contributed by atoms with Gasteiger partial charge in [0, 0.05) is 13.2 Å². The van der Waals surface area contributed by atoms with E-state index in [0.29, 0.717) is 12.1 Å². The van der Waals surface area contributed by atoms with Gasteiger partial charge in [-0.1, -0.05) is 13.3 Å². The zero-order valence-corrected chi connectivity index (χ0v) is 7.60. The van der Waals surface area contributed by atoms with E-state index in [1.165, 1.54) is 32.2 Å². The van der Waals surface area contributed by atoms with Crippen molar-refractivity contribution in [1.29, 1.82) is 0 Å². The molecule has 0 amide bonds. The molecule has 1 rings (SSSR count). The highest BCUT2D eigenvalue weighted by atomic mass is 16.5. The summed E-state index contributed by atoms with van der Waals surface area (Å²) in [7, 11) is 1.82. The van der Waals surface area contributed by atoms with Crippen molar-refractivity contribution in [3.63, 3.8) is 0 Å². The quantitative estimate of drug-likeness (QED) is 0.671. The number of hydrogen-bond donors (Lipinski definition) is 1. The van der Waals surface area contributed by atoms with E-state index in [-0.39, 0.29) is 0 Å². The van der Waals surface area contributed by atoms with E-state index in [1.54, 1.807) is 0 Å². The third kappa shape index (κ3) is 2.46. The minimum atomic E-state index is 0.462. The lowest BCUT2D eigenvalue weighted by atomic mass is 9.97. The molecule has 1 aliphatic rings. The summed E-state index contributed by atoms with van der Waals surface area (Å²) in [5.74, 6) is 0. The largest absolute Gasteiger partial charge is 0.380 e. The van der Waals surface area contributed by atoms with Crippen LogP contribution in [0.25, 0.3) is 0 Å². The first kappa shape index (κ1) is 9.01. The van der Waals surface area contributed by atoms with Gasteiger partial charge in [-0.15, -0.1) is 0 Å². The van der Waals surface area contributed by atoms with Crippen LogP contribution in [0.3, 0.4) is 0 Å². The van der Waals surface area contributed by atoms with Crippen LogP contribution >= 0.6 is 0 Å². The lowest BCUT2D eigenvalue weighted by Crippen LogP contribution is -2.45. The predicted molar refractivity (Wildman–Crippen MR) is 46.7 cm³/mol. The maximum atomic E-state index is 5.39. The lowest BCUT2D eigenvalue weighted by molar-refractivity contribution is 0.0426. The summed E-state index contributed by atoms with van der Waals surface area (Å²) in [5, 5.41) is 3.50. The highest BCUT2D eigenvalue weighted by molar-refractivity contribution is 4.81. The zero-order valence-electron chi connectivity index (χ0n) is 7.60. The van der Waals surface area contributed by atoms with E-state index < -0.39 is 0 Å². The van der Waals surface area contributed by atoms with Crippen molar-refractivity contribution < 1.29 is 4.74 Å². The van der Waals surface area contributed by atoms with Gasteiger partial charge in [0.25, 0.3) is 0 Å². The first-order valence-electron chi connectivity index (χ1n) is 4.64. The van der Waals surface area contributed by atoms with Gasteiger partial charge in [0.05, 0.1) is 6.10 Å². The smallest absolute Gasteiger partial charge is 0.0724 e. The number of rotatable bonds is 3. The molecule has 2 heteroatoms. The molecule has 1 aliphatic heterocycles. The molecule has 2 unspecified atom stereocenters. The van der Waals surface area contributed by atoms with E-state index in [0.717, 1.165) is 0 Å². The molecule has 0 bridgehead atoms. The molecule has 0 aromatic carbocycles. The van der Waals surface area contributed by atoms with Crippen LogP contribution in [0.1, 0.15) is 32.6 Å². The van der Waals surface area contributed by atoms with Gasteiger partial charge in [-0.3, -0.25) is 0 Å². The molecule has 0 aromatic heterocycles. The zero-order chi connectivity index (χ0) is 8.10. The van der Waals surface area contributed by atoms with Gasteiger partial charge in [0.2, 0.25) is 0 Å². The van der Waals surface area contributed by atoms with Gasteiger partial charge >= 0.3 is 0 Å². The second-order valence-corrected chi connectivity index (χ2v) is 3.27. The summed E-state index contributed by atoms with van der Waals surface area (Å²) >= 11 is 0. The van der Waals surface area contributed by atoms with Crippen LogP contribution in [0.4, 0.5) is 0 Å². The van der Waals surface area contributed by atoms with Crippen LogP contribution in [-0.2, 0) is 4.74 Å². The second-order valence-electron chi connectivity index (χ2n) is 3.27. The van der Waals surface area contributed by atoms with Crippen molar-refractivity contribution in [3.05, 3.63) is 0 Å². The highest BCUT2D eigenvalue weighted by Crippen LogP contribution is 2.15. The average molecular weight is 157 g/mol. The minimum absolute atomic E-state index is 0.462. The normalized spacial score (nSPS) is 32.2. The van der Waals surface area contributed by atoms with Crippen molar-refractivity contribution >= 4 is 0 Å². The molecule has 2 nitrogen and oxygen atoms in total. The Kier molecular flexibility index (Phi) is 3.87. The Bertz CT molecular complexity index is 104. The number of methoxy groups -OCH3 is 1. The number of ether oxygens (including phenoxy) is 1. The van der Waals surface area contributed by atoms with E-state index in [1.807, 2.05) is 7.11 Å². The van der Waals surface area contributed by atoms with Crippen LogP contribution in [-0.4, -0.2) is 25.8 Å². The molecule has 0 spiro atoms. The van der Waals surface area contributed by atoms with Gasteiger partial charge in [0.15, 0.2) is 0 Å². The van der Waals surface area contributed by atoms with Crippen molar-refractivity contribution in [2.24, 2.45) is 0 Å². The SMILES string of the molecule is CCCC1NCCCC1OC. The molecule has 0 aromatic rings. The Balaban J connectivity index is 2.31. The van der Waals surface area contributed by atoms with Gasteiger partial charge in [0.1, 0.15) is 0 Å². The summed E-state index contributed by atoms with van der Waals surface area (Å²) in [6.07, 6.45) is 5.45. The lowest BCUT2D eigenvalue weighted by Gasteiger charge is -2.31. The monoisotopic (exact) mass is 157 g/mol. The summed E-state index contributed by atoms with van der Waals surface area (Å²) in [5.41, 5.74) is 0. The predicted octanol–water partition coefficient (Wildman–Crippen LogP) is 1.55. The molecule has 1 heterocycles. The van der Waals surface area contributed by atoms with E-state index in [9.17, 15) is 0 Å². The fraction of sp³-hybridized carbons (Fsp3) is 1.00. The fourth-order valence-electron chi connectivity index (χ4n) is 1.80. The molecule has 1 N–H and O–H groups in total. The molecule has 66 valence electrons. The maximum Gasteiger partial charge on any atom is 0.0724 e. The summed E-state index contributed by atoms with van der Waals surface area (Å²) in [6, 6.07) is 0.610. The van der Waals surface area contributed by atoms with Gasteiger partial charge in [-0.2, -0.15) is 0 Å². The Labute approximate surface area is 69.3 Å².